The first kappa shape index (κ1) is 13.1. The molecule has 0 saturated heterocycles. The summed E-state index contributed by atoms with van der Waals surface area (Å²) in [7, 11) is 1.88. The summed E-state index contributed by atoms with van der Waals surface area (Å²) < 4.78 is 1.76. The van der Waals surface area contributed by atoms with Gasteiger partial charge in [-0.1, -0.05) is 32.9 Å². The number of hydrogen-bond acceptors (Lipinski definition) is 4. The molecular formula is C11H23N5. The van der Waals surface area contributed by atoms with Gasteiger partial charge in [0, 0.05) is 7.05 Å². The van der Waals surface area contributed by atoms with Crippen LogP contribution < -0.4 is 11.3 Å². The van der Waals surface area contributed by atoms with Crippen molar-refractivity contribution in [2.45, 2.75) is 40.2 Å². The summed E-state index contributed by atoms with van der Waals surface area (Å²) in [5, 5.41) is 7.80. The molecule has 92 valence electrons. The Hall–Kier alpha value is -0.940. The van der Waals surface area contributed by atoms with Crippen LogP contribution in [0.15, 0.2) is 6.20 Å². The van der Waals surface area contributed by atoms with Gasteiger partial charge in [0.15, 0.2) is 0 Å². The average molecular weight is 225 g/mol. The first-order valence-corrected chi connectivity index (χ1v) is 5.67. The third-order valence-corrected chi connectivity index (χ3v) is 3.38. The van der Waals surface area contributed by atoms with Crippen LogP contribution in [0.25, 0.3) is 0 Å². The smallest absolute Gasteiger partial charge is 0.0766 e. The predicted octanol–water partition coefficient (Wildman–Crippen LogP) is 1.39. The maximum absolute atomic E-state index is 5.61. The Labute approximate surface area is 97.4 Å². The van der Waals surface area contributed by atoms with E-state index in [0.29, 0.717) is 5.92 Å². The van der Waals surface area contributed by atoms with E-state index >= 15 is 0 Å². The summed E-state index contributed by atoms with van der Waals surface area (Å²) in [6, 6.07) is 0.106. The number of hydrazine groups is 1. The fourth-order valence-electron chi connectivity index (χ4n) is 1.59. The summed E-state index contributed by atoms with van der Waals surface area (Å²) in [5.41, 5.74) is 4.15. The molecule has 5 heteroatoms. The van der Waals surface area contributed by atoms with Gasteiger partial charge in [-0.3, -0.25) is 16.0 Å². The standard InChI is InChI=1S/C11H23N5/c1-8(11(2,3)4)6-9(14-12)10-7-13-15-16(10)5/h7-9,14H,6,12H2,1-5H3. The van der Waals surface area contributed by atoms with Gasteiger partial charge < -0.3 is 0 Å². The van der Waals surface area contributed by atoms with Crippen LogP contribution in [0.5, 0.6) is 0 Å². The summed E-state index contributed by atoms with van der Waals surface area (Å²) >= 11 is 0. The van der Waals surface area contributed by atoms with Crippen LogP contribution in [0.2, 0.25) is 0 Å². The highest BCUT2D eigenvalue weighted by atomic mass is 15.4. The minimum atomic E-state index is 0.106. The molecule has 0 amide bonds. The largest absolute Gasteiger partial charge is 0.271 e. The summed E-state index contributed by atoms with van der Waals surface area (Å²) in [4.78, 5) is 0. The van der Waals surface area contributed by atoms with Crippen LogP contribution in [0, 0.1) is 11.3 Å². The first-order valence-electron chi connectivity index (χ1n) is 5.67. The second kappa shape index (κ2) is 4.93. The van der Waals surface area contributed by atoms with E-state index in [2.05, 4.69) is 43.4 Å². The molecule has 5 nitrogen and oxygen atoms in total. The molecule has 1 heterocycles. The second-order valence-electron chi connectivity index (χ2n) is 5.50. The van der Waals surface area contributed by atoms with Crippen LogP contribution >= 0.6 is 0 Å². The zero-order valence-corrected chi connectivity index (χ0v) is 10.9. The predicted molar refractivity (Wildman–Crippen MR) is 64.3 cm³/mol. The van der Waals surface area contributed by atoms with Crippen molar-refractivity contribution in [2.24, 2.45) is 24.2 Å². The van der Waals surface area contributed by atoms with E-state index in [0.717, 1.165) is 12.1 Å². The van der Waals surface area contributed by atoms with Gasteiger partial charge in [-0.15, -0.1) is 5.10 Å². The zero-order chi connectivity index (χ0) is 12.3. The average Bonchev–Trinajstić information content (AvgIpc) is 2.59. The first-order chi connectivity index (χ1) is 7.36. The molecule has 1 aromatic rings. The van der Waals surface area contributed by atoms with Gasteiger partial charge >= 0.3 is 0 Å². The van der Waals surface area contributed by atoms with Crippen molar-refractivity contribution in [2.75, 3.05) is 0 Å². The van der Waals surface area contributed by atoms with Crippen LogP contribution in [-0.2, 0) is 7.05 Å². The topological polar surface area (TPSA) is 68.8 Å². The quantitative estimate of drug-likeness (QED) is 0.600. The lowest BCUT2D eigenvalue weighted by atomic mass is 9.78. The molecule has 0 aliphatic heterocycles. The SMILES string of the molecule is CC(CC(NN)c1cnnn1C)C(C)(C)C. The molecule has 0 spiro atoms. The summed E-state index contributed by atoms with van der Waals surface area (Å²) in [6.07, 6.45) is 2.74. The highest BCUT2D eigenvalue weighted by Gasteiger charge is 2.25. The van der Waals surface area contributed by atoms with E-state index in [1.54, 1.807) is 10.9 Å². The van der Waals surface area contributed by atoms with Gasteiger partial charge in [0.1, 0.15) is 0 Å². The highest BCUT2D eigenvalue weighted by molar-refractivity contribution is 5.01. The van der Waals surface area contributed by atoms with Gasteiger partial charge in [0.05, 0.1) is 17.9 Å². The summed E-state index contributed by atoms with van der Waals surface area (Å²) in [5.74, 6) is 6.16. The minimum Gasteiger partial charge on any atom is -0.271 e. The monoisotopic (exact) mass is 225 g/mol. The Morgan fingerprint density at radius 1 is 1.50 bits per heavy atom. The lowest BCUT2D eigenvalue weighted by molar-refractivity contribution is 0.221. The van der Waals surface area contributed by atoms with Crippen molar-refractivity contribution < 1.29 is 0 Å². The molecule has 1 rings (SSSR count). The van der Waals surface area contributed by atoms with Crippen LogP contribution in [0.1, 0.15) is 45.9 Å². The lowest BCUT2D eigenvalue weighted by Crippen LogP contribution is -2.33. The number of nitrogens with zero attached hydrogens (tertiary/aromatic N) is 3. The molecule has 0 fully saturated rings. The Balaban J connectivity index is 2.74. The molecule has 0 aliphatic carbocycles. The molecule has 3 N–H and O–H groups in total. The van der Waals surface area contributed by atoms with Crippen LogP contribution in [0.4, 0.5) is 0 Å². The fourth-order valence-corrected chi connectivity index (χ4v) is 1.59. The Bertz CT molecular complexity index is 325. The van der Waals surface area contributed by atoms with Gasteiger partial charge in [-0.05, 0) is 17.8 Å². The number of nitrogens with one attached hydrogen (secondary N) is 1. The second-order valence-corrected chi connectivity index (χ2v) is 5.50. The maximum Gasteiger partial charge on any atom is 0.0766 e. The summed E-state index contributed by atoms with van der Waals surface area (Å²) in [6.45, 7) is 8.97. The van der Waals surface area contributed by atoms with Crippen molar-refractivity contribution in [3.63, 3.8) is 0 Å². The molecule has 0 aliphatic rings. The molecule has 0 radical (unpaired) electrons. The fraction of sp³-hybridized carbons (Fsp3) is 0.818. The van der Waals surface area contributed by atoms with Gasteiger partial charge in [-0.25, -0.2) is 0 Å². The molecule has 0 saturated carbocycles. The van der Waals surface area contributed by atoms with Gasteiger partial charge in [-0.2, -0.15) is 0 Å². The number of aromatic nitrogens is 3. The van der Waals surface area contributed by atoms with Crippen molar-refractivity contribution >= 4 is 0 Å². The third kappa shape index (κ3) is 3.02. The normalized spacial score (nSPS) is 16.1. The van der Waals surface area contributed by atoms with Gasteiger partial charge in [0.2, 0.25) is 0 Å². The Morgan fingerprint density at radius 2 is 2.12 bits per heavy atom. The van der Waals surface area contributed by atoms with E-state index in [4.69, 9.17) is 5.84 Å². The minimum absolute atomic E-state index is 0.106. The van der Waals surface area contributed by atoms with E-state index in [1.165, 1.54) is 0 Å². The van der Waals surface area contributed by atoms with E-state index < -0.39 is 0 Å². The molecular weight excluding hydrogens is 202 g/mol. The van der Waals surface area contributed by atoms with E-state index in [9.17, 15) is 0 Å². The number of aryl methyl sites for hydroxylation is 1. The van der Waals surface area contributed by atoms with Crippen LogP contribution in [0.3, 0.4) is 0 Å². The highest BCUT2D eigenvalue weighted by Crippen LogP contribution is 2.32. The number of nitrogens with two attached hydrogens (primary N) is 1. The lowest BCUT2D eigenvalue weighted by Gasteiger charge is -2.30. The van der Waals surface area contributed by atoms with Crippen LogP contribution in [-0.4, -0.2) is 15.0 Å². The Kier molecular flexibility index (Phi) is 4.04. The molecule has 2 unspecified atom stereocenters. The maximum atomic E-state index is 5.61. The van der Waals surface area contributed by atoms with E-state index in [1.807, 2.05) is 7.05 Å². The van der Waals surface area contributed by atoms with Crippen molar-refractivity contribution in [1.82, 2.24) is 20.4 Å². The third-order valence-electron chi connectivity index (χ3n) is 3.38. The Morgan fingerprint density at radius 3 is 2.50 bits per heavy atom. The number of rotatable bonds is 4. The van der Waals surface area contributed by atoms with Crippen molar-refractivity contribution in [3.05, 3.63) is 11.9 Å². The zero-order valence-electron chi connectivity index (χ0n) is 10.9. The van der Waals surface area contributed by atoms with E-state index in [-0.39, 0.29) is 11.5 Å². The molecule has 2 atom stereocenters. The molecule has 0 aromatic carbocycles. The van der Waals surface area contributed by atoms with Crippen molar-refractivity contribution in [1.29, 1.82) is 0 Å². The molecule has 0 bridgehead atoms. The molecule has 1 aromatic heterocycles. The number of hydrogen-bond donors (Lipinski definition) is 2. The molecule has 16 heavy (non-hydrogen) atoms. The van der Waals surface area contributed by atoms with Gasteiger partial charge in [0.25, 0.3) is 0 Å². The van der Waals surface area contributed by atoms with Crippen molar-refractivity contribution in [3.8, 4) is 0 Å².